The molecule has 0 amide bonds. The van der Waals surface area contributed by atoms with Crippen LogP contribution in [0.1, 0.15) is 67.2 Å². The molecule has 2 nitrogen and oxygen atoms in total. The standard InChI is InChI=1S/C16H23NO/c1-3-16(8-5-9-16)11-17-12(2)10-13-14(17)6-4-7-15(13)18/h10H,3-9,11H2,1-2H3. The van der Waals surface area contributed by atoms with Gasteiger partial charge >= 0.3 is 0 Å². The first kappa shape index (κ1) is 12.0. The monoisotopic (exact) mass is 245 g/mol. The lowest BCUT2D eigenvalue weighted by molar-refractivity contribution is 0.0944. The Labute approximate surface area is 109 Å². The average Bonchev–Trinajstić information content (AvgIpc) is 2.62. The molecule has 0 radical (unpaired) electrons. The van der Waals surface area contributed by atoms with E-state index in [0.717, 1.165) is 31.4 Å². The van der Waals surface area contributed by atoms with Crippen molar-refractivity contribution in [2.75, 3.05) is 0 Å². The number of hydrogen-bond donors (Lipinski definition) is 0. The third kappa shape index (κ3) is 1.73. The van der Waals surface area contributed by atoms with Gasteiger partial charge < -0.3 is 4.57 Å². The first-order valence-electron chi connectivity index (χ1n) is 7.37. The topological polar surface area (TPSA) is 22.0 Å². The molecule has 1 saturated carbocycles. The number of aromatic nitrogens is 1. The predicted molar refractivity (Wildman–Crippen MR) is 73.0 cm³/mol. The van der Waals surface area contributed by atoms with Crippen LogP contribution >= 0.6 is 0 Å². The van der Waals surface area contributed by atoms with Crippen LogP contribution in [0.3, 0.4) is 0 Å². The van der Waals surface area contributed by atoms with Gasteiger partial charge in [-0.15, -0.1) is 0 Å². The normalized spacial score (nSPS) is 21.6. The average molecular weight is 245 g/mol. The van der Waals surface area contributed by atoms with E-state index in [9.17, 15) is 4.79 Å². The van der Waals surface area contributed by atoms with Crippen LogP contribution in [0.4, 0.5) is 0 Å². The molecule has 1 fully saturated rings. The second-order valence-electron chi connectivity index (χ2n) is 6.22. The first-order chi connectivity index (χ1) is 8.65. The van der Waals surface area contributed by atoms with Gasteiger partial charge in [-0.1, -0.05) is 13.3 Å². The maximum absolute atomic E-state index is 12.0. The van der Waals surface area contributed by atoms with Crippen LogP contribution in [0.5, 0.6) is 0 Å². The fourth-order valence-corrected chi connectivity index (χ4v) is 3.65. The Morgan fingerprint density at radius 2 is 2.06 bits per heavy atom. The zero-order valence-electron chi connectivity index (χ0n) is 11.6. The Morgan fingerprint density at radius 3 is 2.67 bits per heavy atom. The summed E-state index contributed by atoms with van der Waals surface area (Å²) in [5.41, 5.74) is 4.15. The zero-order valence-corrected chi connectivity index (χ0v) is 11.6. The highest BCUT2D eigenvalue weighted by molar-refractivity contribution is 5.98. The van der Waals surface area contributed by atoms with Crippen LogP contribution in [0.25, 0.3) is 0 Å². The van der Waals surface area contributed by atoms with Gasteiger partial charge in [-0.3, -0.25) is 4.79 Å². The molecule has 0 bridgehead atoms. The molecule has 0 atom stereocenters. The maximum atomic E-state index is 12.0. The van der Waals surface area contributed by atoms with E-state index in [1.54, 1.807) is 0 Å². The number of carbonyl (C=O) groups excluding carboxylic acids is 1. The summed E-state index contributed by atoms with van der Waals surface area (Å²) >= 11 is 0. The fraction of sp³-hybridized carbons (Fsp3) is 0.688. The molecule has 1 aromatic heterocycles. The van der Waals surface area contributed by atoms with Crippen molar-refractivity contribution in [1.29, 1.82) is 0 Å². The number of fused-ring (bicyclic) bond motifs is 1. The summed E-state index contributed by atoms with van der Waals surface area (Å²) < 4.78 is 2.45. The molecule has 0 aliphatic heterocycles. The SMILES string of the molecule is CCC1(Cn2c(C)cc3c2CCCC3=O)CCC1. The summed E-state index contributed by atoms with van der Waals surface area (Å²) in [6, 6.07) is 2.12. The molecule has 2 heteroatoms. The van der Waals surface area contributed by atoms with Gasteiger partial charge in [0, 0.05) is 29.9 Å². The van der Waals surface area contributed by atoms with Gasteiger partial charge in [0.25, 0.3) is 0 Å². The van der Waals surface area contributed by atoms with Crippen LogP contribution in [0.2, 0.25) is 0 Å². The minimum atomic E-state index is 0.359. The fourth-order valence-electron chi connectivity index (χ4n) is 3.65. The summed E-state index contributed by atoms with van der Waals surface area (Å²) in [6.45, 7) is 5.61. The van der Waals surface area contributed by atoms with Gasteiger partial charge in [-0.2, -0.15) is 0 Å². The van der Waals surface area contributed by atoms with E-state index >= 15 is 0 Å². The Hall–Kier alpha value is -1.05. The number of aryl methyl sites for hydroxylation is 1. The van der Waals surface area contributed by atoms with Crippen LogP contribution in [0.15, 0.2) is 6.07 Å². The van der Waals surface area contributed by atoms with Gasteiger partial charge in [-0.25, -0.2) is 0 Å². The number of hydrogen-bond acceptors (Lipinski definition) is 1. The van der Waals surface area contributed by atoms with Crippen molar-refractivity contribution in [3.05, 3.63) is 23.0 Å². The Kier molecular flexibility index (Phi) is 2.84. The van der Waals surface area contributed by atoms with Gasteiger partial charge in [0.15, 0.2) is 5.78 Å². The molecule has 3 rings (SSSR count). The molecule has 18 heavy (non-hydrogen) atoms. The molecule has 1 heterocycles. The zero-order chi connectivity index (χ0) is 12.8. The van der Waals surface area contributed by atoms with E-state index in [4.69, 9.17) is 0 Å². The molecular weight excluding hydrogens is 222 g/mol. The van der Waals surface area contributed by atoms with Crippen molar-refractivity contribution in [2.45, 2.75) is 65.3 Å². The Bertz CT molecular complexity index is 474. The number of rotatable bonds is 3. The van der Waals surface area contributed by atoms with Crippen LogP contribution in [-0.2, 0) is 13.0 Å². The summed E-state index contributed by atoms with van der Waals surface area (Å²) in [5.74, 6) is 0.359. The van der Waals surface area contributed by atoms with E-state index in [-0.39, 0.29) is 0 Å². The number of nitrogens with zero attached hydrogens (tertiary/aromatic N) is 1. The van der Waals surface area contributed by atoms with Crippen molar-refractivity contribution in [2.24, 2.45) is 5.41 Å². The van der Waals surface area contributed by atoms with Gasteiger partial charge in [0.2, 0.25) is 0 Å². The molecular formula is C16H23NO. The van der Waals surface area contributed by atoms with Crippen molar-refractivity contribution in [1.82, 2.24) is 4.57 Å². The lowest BCUT2D eigenvalue weighted by Crippen LogP contribution is -2.34. The van der Waals surface area contributed by atoms with E-state index in [1.807, 2.05) is 0 Å². The molecule has 98 valence electrons. The molecule has 0 saturated heterocycles. The quantitative estimate of drug-likeness (QED) is 0.791. The van der Waals surface area contributed by atoms with Crippen molar-refractivity contribution >= 4 is 5.78 Å². The molecule has 0 aromatic carbocycles. The van der Waals surface area contributed by atoms with E-state index < -0.39 is 0 Å². The van der Waals surface area contributed by atoms with Gasteiger partial charge in [0.05, 0.1) is 0 Å². The molecule has 1 aromatic rings. The molecule has 2 aliphatic rings. The van der Waals surface area contributed by atoms with E-state index in [0.29, 0.717) is 11.2 Å². The second kappa shape index (κ2) is 4.25. The Balaban J connectivity index is 1.94. The maximum Gasteiger partial charge on any atom is 0.164 e. The van der Waals surface area contributed by atoms with Gasteiger partial charge in [-0.05, 0) is 50.5 Å². The Morgan fingerprint density at radius 1 is 1.28 bits per heavy atom. The summed E-state index contributed by atoms with van der Waals surface area (Å²) in [6.07, 6.45) is 8.26. The lowest BCUT2D eigenvalue weighted by atomic mass is 9.67. The van der Waals surface area contributed by atoms with E-state index in [1.165, 1.54) is 37.1 Å². The third-order valence-corrected chi connectivity index (χ3v) is 5.19. The lowest BCUT2D eigenvalue weighted by Gasteiger charge is -2.42. The third-order valence-electron chi connectivity index (χ3n) is 5.19. The van der Waals surface area contributed by atoms with Gasteiger partial charge in [0.1, 0.15) is 0 Å². The smallest absolute Gasteiger partial charge is 0.164 e. The minimum absolute atomic E-state index is 0.359. The molecule has 2 aliphatic carbocycles. The predicted octanol–water partition coefficient (Wildman–Crippen LogP) is 3.90. The number of carbonyl (C=O) groups is 1. The van der Waals surface area contributed by atoms with E-state index in [2.05, 4.69) is 24.5 Å². The summed E-state index contributed by atoms with van der Waals surface area (Å²) in [7, 11) is 0. The summed E-state index contributed by atoms with van der Waals surface area (Å²) in [4.78, 5) is 12.0. The number of ketones is 1. The number of Topliss-reactive ketones (excluding diaryl/α,β-unsaturated/α-hetero) is 1. The minimum Gasteiger partial charge on any atom is -0.348 e. The first-order valence-corrected chi connectivity index (χ1v) is 7.37. The highest BCUT2D eigenvalue weighted by atomic mass is 16.1. The summed E-state index contributed by atoms with van der Waals surface area (Å²) in [5, 5.41) is 0. The van der Waals surface area contributed by atoms with Crippen molar-refractivity contribution < 1.29 is 4.79 Å². The van der Waals surface area contributed by atoms with Crippen LogP contribution in [0, 0.1) is 12.3 Å². The van der Waals surface area contributed by atoms with Crippen LogP contribution < -0.4 is 0 Å². The second-order valence-corrected chi connectivity index (χ2v) is 6.22. The highest BCUT2D eigenvalue weighted by Crippen LogP contribution is 2.46. The van der Waals surface area contributed by atoms with Crippen molar-refractivity contribution in [3.8, 4) is 0 Å². The van der Waals surface area contributed by atoms with Crippen LogP contribution in [-0.4, -0.2) is 10.4 Å². The molecule has 0 spiro atoms. The molecule has 0 N–H and O–H groups in total. The molecule has 0 unspecified atom stereocenters. The highest BCUT2D eigenvalue weighted by Gasteiger charge is 2.36. The largest absolute Gasteiger partial charge is 0.348 e. The van der Waals surface area contributed by atoms with Crippen molar-refractivity contribution in [3.63, 3.8) is 0 Å².